The largest absolute Gasteiger partial charge is 0.506 e. The lowest BCUT2D eigenvalue weighted by atomic mass is 9.35. The summed E-state index contributed by atoms with van der Waals surface area (Å²) in [4.78, 5) is 33.2. The van der Waals surface area contributed by atoms with Crippen molar-refractivity contribution in [1.29, 1.82) is 0 Å². The van der Waals surface area contributed by atoms with Crippen LogP contribution in [0, 0.1) is 23.7 Å². The molecule has 5 aliphatic rings. The second kappa shape index (κ2) is 15.3. The number of hydrogen-bond acceptors (Lipinski definition) is 6. The van der Waals surface area contributed by atoms with Gasteiger partial charge in [0.1, 0.15) is 11.6 Å². The average molecular weight is 652 g/mol. The highest BCUT2D eigenvalue weighted by Gasteiger charge is 2.69. The highest BCUT2D eigenvalue weighted by molar-refractivity contribution is 6.32. The Morgan fingerprint density at radius 3 is 2.04 bits per heavy atom. The van der Waals surface area contributed by atoms with Gasteiger partial charge in [0.05, 0.1) is 16.5 Å². The van der Waals surface area contributed by atoms with Crippen molar-refractivity contribution >= 4 is 29.5 Å². The molecule has 7 nitrogen and oxygen atoms in total. The number of carbonyl (C=O) groups excluding carboxylic acids is 3. The number of amidine groups is 1. The van der Waals surface area contributed by atoms with Crippen molar-refractivity contribution < 1.29 is 32.7 Å². The van der Waals surface area contributed by atoms with Crippen molar-refractivity contribution in [1.82, 2.24) is 10.6 Å². The number of phenolic OH excluding ortho intramolecular Hbond substituents is 1. The number of halogens is 4. The van der Waals surface area contributed by atoms with Crippen molar-refractivity contribution in [2.24, 2.45) is 21.7 Å². The molecule has 4 aliphatic carbocycles. The van der Waals surface area contributed by atoms with Crippen LogP contribution in [0.3, 0.4) is 0 Å². The van der Waals surface area contributed by atoms with Crippen LogP contribution in [0.15, 0.2) is 53.5 Å². The van der Waals surface area contributed by atoms with Crippen LogP contribution >= 0.6 is 11.6 Å². The van der Waals surface area contributed by atoms with Gasteiger partial charge in [-0.1, -0.05) is 81.3 Å². The first-order chi connectivity index (χ1) is 21.0. The number of alkyl halides is 3. The molecule has 11 heteroatoms. The molecule has 2 aromatic rings. The van der Waals surface area contributed by atoms with Gasteiger partial charge in [-0.05, 0) is 76.0 Å². The standard InChI is InChI=1S/C16H22F3N3O.C8H9ClO.C7H8.C2H6.CO2/c1-13(2)10(11(23)20-9-4-8(9)16(17,18)19)21-12(22-13)15-5-14(3,6-15)7-15;1-2-6-3-4-8(10)7(9)5-6;1-7-5-3-2-4-6-7;1-2;2-1-3/h8-10H,4-7H2,1-3H3,(H,20,23)(H,21,22);3-5,10H,2H2,1H3;2-6H,1H3;1-2H3;/t8?,9?,10-,14?,15?;;;;/m0..../s1. The molecule has 4 saturated carbocycles. The number of aryl methyl sites for hydroxylation is 2. The molecule has 0 radical (unpaired) electrons. The van der Waals surface area contributed by atoms with Gasteiger partial charge < -0.3 is 15.7 Å². The fraction of sp³-hybridized carbons (Fsp3) is 0.559. The summed E-state index contributed by atoms with van der Waals surface area (Å²) in [5.41, 5.74) is 2.43. The molecule has 4 fully saturated rings. The van der Waals surface area contributed by atoms with Crippen LogP contribution < -0.4 is 10.6 Å². The Hall–Kier alpha value is -3.36. The normalized spacial score (nSPS) is 27.4. The third kappa shape index (κ3) is 9.81. The summed E-state index contributed by atoms with van der Waals surface area (Å²) in [6, 6.07) is 14.1. The van der Waals surface area contributed by atoms with Gasteiger partial charge in [0.2, 0.25) is 5.91 Å². The molecule has 3 N–H and O–H groups in total. The maximum absolute atomic E-state index is 12.6. The highest BCUT2D eigenvalue weighted by atomic mass is 35.5. The smallest absolute Gasteiger partial charge is 0.393 e. The molecule has 45 heavy (non-hydrogen) atoms. The number of hydrogen-bond donors (Lipinski definition) is 3. The summed E-state index contributed by atoms with van der Waals surface area (Å²) >= 11 is 5.64. The average Bonchev–Trinajstić information content (AvgIpc) is 3.65. The van der Waals surface area contributed by atoms with Crippen molar-refractivity contribution in [3.8, 4) is 5.75 Å². The molecular weight excluding hydrogens is 607 g/mol. The summed E-state index contributed by atoms with van der Waals surface area (Å²) in [7, 11) is 0. The molecule has 2 bridgehead atoms. The minimum Gasteiger partial charge on any atom is -0.506 e. The Morgan fingerprint density at radius 2 is 1.64 bits per heavy atom. The zero-order valence-corrected chi connectivity index (χ0v) is 27.8. The number of nitrogens with one attached hydrogen (secondary N) is 2. The van der Waals surface area contributed by atoms with E-state index in [2.05, 4.69) is 41.6 Å². The Morgan fingerprint density at radius 1 is 1.09 bits per heavy atom. The van der Waals surface area contributed by atoms with E-state index < -0.39 is 35.6 Å². The molecule has 2 unspecified atom stereocenters. The van der Waals surface area contributed by atoms with E-state index in [9.17, 15) is 18.0 Å². The molecule has 1 aliphatic heterocycles. The molecule has 7 rings (SSSR count). The van der Waals surface area contributed by atoms with Crippen LogP contribution in [-0.2, 0) is 20.8 Å². The van der Waals surface area contributed by atoms with E-state index in [0.717, 1.165) is 37.1 Å². The van der Waals surface area contributed by atoms with Crippen LogP contribution in [0.2, 0.25) is 5.02 Å². The van der Waals surface area contributed by atoms with Gasteiger partial charge in [0.15, 0.2) is 6.04 Å². The number of benzene rings is 2. The van der Waals surface area contributed by atoms with Crippen LogP contribution in [0.4, 0.5) is 13.2 Å². The van der Waals surface area contributed by atoms with E-state index in [1.165, 1.54) is 5.56 Å². The fourth-order valence-electron chi connectivity index (χ4n) is 6.18. The highest BCUT2D eigenvalue weighted by Crippen LogP contribution is 2.73. The van der Waals surface area contributed by atoms with E-state index >= 15 is 0 Å². The quantitative estimate of drug-likeness (QED) is 0.319. The van der Waals surface area contributed by atoms with Gasteiger partial charge >= 0.3 is 12.3 Å². The van der Waals surface area contributed by atoms with E-state index in [1.807, 2.05) is 58.9 Å². The maximum atomic E-state index is 12.6. The van der Waals surface area contributed by atoms with E-state index in [1.54, 1.807) is 12.1 Å². The van der Waals surface area contributed by atoms with Gasteiger partial charge in [-0.2, -0.15) is 22.8 Å². The van der Waals surface area contributed by atoms with Crippen LogP contribution in [0.1, 0.15) is 78.4 Å². The first kappa shape index (κ1) is 37.8. The summed E-state index contributed by atoms with van der Waals surface area (Å²) in [6.45, 7) is 14.1. The predicted octanol–water partition coefficient (Wildman–Crippen LogP) is 7.44. The Bertz CT molecular complexity index is 1340. The van der Waals surface area contributed by atoms with E-state index in [4.69, 9.17) is 26.3 Å². The Labute approximate surface area is 269 Å². The number of nitrogens with zero attached hydrogens (tertiary/aromatic N) is 1. The maximum Gasteiger partial charge on any atom is 0.393 e. The zero-order chi connectivity index (χ0) is 34.2. The second-order valence-electron chi connectivity index (χ2n) is 12.7. The van der Waals surface area contributed by atoms with Crippen molar-refractivity contribution in [3.05, 3.63) is 64.7 Å². The lowest BCUT2D eigenvalue weighted by Gasteiger charge is -2.69. The Balaban J connectivity index is 0.000000264. The van der Waals surface area contributed by atoms with Gasteiger partial charge in [-0.15, -0.1) is 0 Å². The summed E-state index contributed by atoms with van der Waals surface area (Å²) in [5.74, 6) is -0.759. The topological polar surface area (TPSA) is 108 Å². The number of aromatic hydroxyl groups is 1. The van der Waals surface area contributed by atoms with Crippen LogP contribution in [-0.4, -0.2) is 46.8 Å². The zero-order valence-electron chi connectivity index (χ0n) is 27.0. The van der Waals surface area contributed by atoms with Gasteiger partial charge in [0.25, 0.3) is 0 Å². The molecule has 1 heterocycles. The van der Waals surface area contributed by atoms with Crippen molar-refractivity contribution in [2.45, 2.75) is 104 Å². The molecule has 0 aromatic heterocycles. The van der Waals surface area contributed by atoms with Crippen LogP contribution in [0.25, 0.3) is 0 Å². The predicted molar refractivity (Wildman–Crippen MR) is 169 cm³/mol. The minimum absolute atomic E-state index is 0.0192. The van der Waals surface area contributed by atoms with Crippen LogP contribution in [0.5, 0.6) is 5.75 Å². The van der Waals surface area contributed by atoms with Crippen molar-refractivity contribution in [2.75, 3.05) is 0 Å². The summed E-state index contributed by atoms with van der Waals surface area (Å²) < 4.78 is 37.8. The van der Waals surface area contributed by atoms with E-state index in [-0.39, 0.29) is 23.7 Å². The number of aliphatic imine (C=N–C) groups is 1. The molecule has 0 saturated heterocycles. The number of phenols is 1. The molecule has 0 spiro atoms. The monoisotopic (exact) mass is 651 g/mol. The molecule has 248 valence electrons. The van der Waals surface area contributed by atoms with Crippen molar-refractivity contribution in [3.63, 3.8) is 0 Å². The molecular formula is C34H45ClF3N3O4. The lowest BCUT2D eigenvalue weighted by Crippen LogP contribution is -2.67. The van der Waals surface area contributed by atoms with Gasteiger partial charge in [-0.25, -0.2) is 0 Å². The fourth-order valence-corrected chi connectivity index (χ4v) is 6.38. The molecule has 2 aromatic carbocycles. The third-order valence-corrected chi connectivity index (χ3v) is 8.63. The third-order valence-electron chi connectivity index (χ3n) is 8.33. The first-order valence-corrected chi connectivity index (χ1v) is 15.6. The molecule has 1 amide bonds. The second-order valence-corrected chi connectivity index (χ2v) is 13.1. The molecule has 3 atom stereocenters. The Kier molecular flexibility index (Phi) is 12.8. The SMILES string of the molecule is CC.CC12CC(C3=N[C@@H](C(=O)NC4CC4C(F)(F)F)C(C)(C)N3)(C1)C2.CCc1ccc(O)c(Cl)c1.Cc1ccccc1.O=C=O. The lowest BCUT2D eigenvalue weighted by molar-refractivity contribution is -0.191. The van der Waals surface area contributed by atoms with E-state index in [0.29, 0.717) is 10.4 Å². The number of amides is 1. The van der Waals surface area contributed by atoms with Gasteiger partial charge in [0, 0.05) is 11.5 Å². The first-order valence-electron chi connectivity index (χ1n) is 15.2. The number of rotatable bonds is 4. The van der Waals surface area contributed by atoms with Gasteiger partial charge in [-0.3, -0.25) is 9.79 Å². The minimum atomic E-state index is -4.23. The summed E-state index contributed by atoms with van der Waals surface area (Å²) in [6.07, 6.45) is 0.227. The number of carbonyl (C=O) groups is 1. The summed E-state index contributed by atoms with van der Waals surface area (Å²) in [5, 5.41) is 15.3.